The molecule has 0 aromatic heterocycles. The minimum absolute atomic E-state index is 0.127. The molecule has 3 rings (SSSR count). The van der Waals surface area contributed by atoms with Crippen molar-refractivity contribution < 1.29 is 19.0 Å². The quantitative estimate of drug-likeness (QED) is 0.242. The molecular weight excluding hydrogens is 466 g/mol. The number of carbonyl (C=O) groups is 1. The number of benzene rings is 2. The molecule has 1 aliphatic heterocycles. The van der Waals surface area contributed by atoms with Gasteiger partial charge in [0.15, 0.2) is 11.5 Å². The second-order valence-corrected chi connectivity index (χ2v) is 9.38. The Morgan fingerprint density at radius 2 is 1.84 bits per heavy atom. The fourth-order valence-corrected chi connectivity index (χ4v) is 4.45. The van der Waals surface area contributed by atoms with Crippen LogP contribution in [0.3, 0.4) is 0 Å². The fraction of sp³-hybridized carbons (Fsp3) is 0.333. The van der Waals surface area contributed by atoms with Crippen LogP contribution < -0.4 is 14.2 Å². The molecule has 0 radical (unpaired) electrons. The maximum absolute atomic E-state index is 12.3. The first-order chi connectivity index (χ1) is 15.3. The van der Waals surface area contributed by atoms with Crippen molar-refractivity contribution in [1.82, 2.24) is 4.90 Å². The number of hydrogen-bond donors (Lipinski definition) is 0. The van der Waals surface area contributed by atoms with Crippen LogP contribution in [0.1, 0.15) is 30.0 Å². The van der Waals surface area contributed by atoms with Gasteiger partial charge in [-0.15, -0.1) is 0 Å². The van der Waals surface area contributed by atoms with Crippen LogP contribution in [-0.4, -0.2) is 42.0 Å². The second-order valence-electron chi connectivity index (χ2n) is 7.30. The highest BCUT2D eigenvalue weighted by Gasteiger charge is 2.28. The van der Waals surface area contributed by atoms with E-state index in [2.05, 4.69) is 19.9 Å². The summed E-state index contributed by atoms with van der Waals surface area (Å²) < 4.78 is 18.0. The number of thioether (sulfide) groups is 1. The highest BCUT2D eigenvalue weighted by molar-refractivity contribution is 8.26. The van der Waals surface area contributed by atoms with Crippen LogP contribution in [-0.2, 0) is 4.79 Å². The van der Waals surface area contributed by atoms with Crippen LogP contribution in [0.4, 0.5) is 0 Å². The normalized spacial score (nSPS) is 14.9. The Labute approximate surface area is 203 Å². The predicted octanol–water partition coefficient (Wildman–Crippen LogP) is 6.03. The molecule has 0 spiro atoms. The van der Waals surface area contributed by atoms with Crippen molar-refractivity contribution in [2.45, 2.75) is 27.2 Å². The standard InChI is InChI=1S/C24H26ClNO4S2/c1-5-28-20-13-17(14-21-23(27)26(4)24(31)32-21)12-19(25)22(20)30-10-6-9-29-18-8-7-15(2)16(3)11-18/h7-8,11-14H,5-6,9-10H2,1-4H3/b21-14+. The van der Waals surface area contributed by atoms with Crippen LogP contribution in [0.5, 0.6) is 17.2 Å². The zero-order valence-electron chi connectivity index (χ0n) is 18.6. The lowest BCUT2D eigenvalue weighted by atomic mass is 10.1. The monoisotopic (exact) mass is 491 g/mol. The van der Waals surface area contributed by atoms with E-state index in [4.69, 9.17) is 38.0 Å². The Morgan fingerprint density at radius 1 is 1.09 bits per heavy atom. The van der Waals surface area contributed by atoms with Gasteiger partial charge in [0.2, 0.25) is 0 Å². The summed E-state index contributed by atoms with van der Waals surface area (Å²) in [6.45, 7) is 7.45. The number of ether oxygens (including phenoxy) is 3. The molecular formula is C24H26ClNO4S2. The van der Waals surface area contributed by atoms with Gasteiger partial charge in [-0.1, -0.05) is 41.6 Å². The van der Waals surface area contributed by atoms with Crippen LogP contribution >= 0.6 is 35.6 Å². The van der Waals surface area contributed by atoms with Crippen molar-refractivity contribution in [2.24, 2.45) is 0 Å². The fourth-order valence-electron chi connectivity index (χ4n) is 3.00. The van der Waals surface area contributed by atoms with Gasteiger partial charge in [0.05, 0.1) is 29.7 Å². The minimum atomic E-state index is -0.127. The van der Waals surface area contributed by atoms with E-state index in [9.17, 15) is 4.79 Å². The van der Waals surface area contributed by atoms with Gasteiger partial charge in [-0.3, -0.25) is 9.69 Å². The molecule has 1 fully saturated rings. The summed E-state index contributed by atoms with van der Waals surface area (Å²) in [7, 11) is 1.66. The van der Waals surface area contributed by atoms with Gasteiger partial charge < -0.3 is 14.2 Å². The average molecular weight is 492 g/mol. The summed E-state index contributed by atoms with van der Waals surface area (Å²) in [5, 5.41) is 0.421. The summed E-state index contributed by atoms with van der Waals surface area (Å²) >= 11 is 12.9. The molecule has 0 bridgehead atoms. The molecule has 1 aliphatic rings. The Kier molecular flexibility index (Phi) is 8.45. The van der Waals surface area contributed by atoms with Crippen LogP contribution in [0.2, 0.25) is 5.02 Å². The van der Waals surface area contributed by atoms with E-state index in [1.807, 2.05) is 25.1 Å². The van der Waals surface area contributed by atoms with Crippen LogP contribution in [0, 0.1) is 13.8 Å². The highest BCUT2D eigenvalue weighted by Crippen LogP contribution is 2.39. The van der Waals surface area contributed by atoms with E-state index in [1.165, 1.54) is 27.8 Å². The smallest absolute Gasteiger partial charge is 0.265 e. The van der Waals surface area contributed by atoms with Gasteiger partial charge in [0.25, 0.3) is 5.91 Å². The Morgan fingerprint density at radius 3 is 2.50 bits per heavy atom. The number of amides is 1. The van der Waals surface area contributed by atoms with E-state index in [-0.39, 0.29) is 5.91 Å². The molecule has 1 amide bonds. The molecule has 1 heterocycles. The largest absolute Gasteiger partial charge is 0.493 e. The van der Waals surface area contributed by atoms with Crippen LogP contribution in [0.15, 0.2) is 35.2 Å². The van der Waals surface area contributed by atoms with Crippen molar-refractivity contribution in [3.05, 3.63) is 56.9 Å². The van der Waals surface area contributed by atoms with Gasteiger partial charge in [0.1, 0.15) is 10.1 Å². The Balaban J connectivity index is 1.64. The van der Waals surface area contributed by atoms with Crippen molar-refractivity contribution in [2.75, 3.05) is 26.9 Å². The number of thiocarbonyl (C=S) groups is 1. The molecule has 2 aromatic carbocycles. The molecule has 5 nitrogen and oxygen atoms in total. The first-order valence-corrected chi connectivity index (χ1v) is 11.9. The lowest BCUT2D eigenvalue weighted by molar-refractivity contribution is -0.121. The number of halogens is 1. The molecule has 0 unspecified atom stereocenters. The number of hydrogen-bond acceptors (Lipinski definition) is 6. The predicted molar refractivity (Wildman–Crippen MR) is 135 cm³/mol. The number of aryl methyl sites for hydroxylation is 2. The number of rotatable bonds is 9. The minimum Gasteiger partial charge on any atom is -0.493 e. The molecule has 0 N–H and O–H groups in total. The Bertz CT molecular complexity index is 1050. The van der Waals surface area contributed by atoms with E-state index in [0.717, 1.165) is 11.3 Å². The van der Waals surface area contributed by atoms with E-state index < -0.39 is 0 Å². The SMILES string of the molecule is CCOc1cc(/C=C2/SC(=S)N(C)C2=O)cc(Cl)c1OCCCOc1ccc(C)c(C)c1. The zero-order chi connectivity index (χ0) is 23.3. The molecule has 1 saturated heterocycles. The van der Waals surface area contributed by atoms with E-state index in [0.29, 0.717) is 52.0 Å². The number of carbonyl (C=O) groups excluding carboxylic acids is 1. The van der Waals surface area contributed by atoms with Crippen molar-refractivity contribution >= 4 is 51.9 Å². The maximum atomic E-state index is 12.3. The van der Waals surface area contributed by atoms with Gasteiger partial charge in [-0.25, -0.2) is 0 Å². The third-order valence-corrected chi connectivity index (χ3v) is 6.66. The molecule has 170 valence electrons. The summed E-state index contributed by atoms with van der Waals surface area (Å²) in [5.41, 5.74) is 3.19. The van der Waals surface area contributed by atoms with Gasteiger partial charge in [0, 0.05) is 13.5 Å². The highest BCUT2D eigenvalue weighted by atomic mass is 35.5. The first-order valence-electron chi connectivity index (χ1n) is 10.3. The van der Waals surface area contributed by atoms with E-state index in [1.54, 1.807) is 19.2 Å². The molecule has 0 atom stereocenters. The van der Waals surface area contributed by atoms with Crippen molar-refractivity contribution in [3.8, 4) is 17.2 Å². The molecule has 0 aliphatic carbocycles. The summed E-state index contributed by atoms with van der Waals surface area (Å²) in [4.78, 5) is 14.3. The number of nitrogens with zero attached hydrogens (tertiary/aromatic N) is 1. The van der Waals surface area contributed by atoms with Crippen molar-refractivity contribution in [3.63, 3.8) is 0 Å². The summed E-state index contributed by atoms with van der Waals surface area (Å²) in [5.74, 6) is 1.74. The summed E-state index contributed by atoms with van der Waals surface area (Å²) in [6.07, 6.45) is 2.45. The van der Waals surface area contributed by atoms with Gasteiger partial charge >= 0.3 is 0 Å². The molecule has 32 heavy (non-hydrogen) atoms. The molecule has 2 aromatic rings. The zero-order valence-corrected chi connectivity index (χ0v) is 21.0. The van der Waals surface area contributed by atoms with E-state index >= 15 is 0 Å². The van der Waals surface area contributed by atoms with Crippen LogP contribution in [0.25, 0.3) is 6.08 Å². The van der Waals surface area contributed by atoms with Gasteiger partial charge in [-0.2, -0.15) is 0 Å². The molecule has 8 heteroatoms. The summed E-state index contributed by atoms with van der Waals surface area (Å²) in [6, 6.07) is 9.63. The topological polar surface area (TPSA) is 48.0 Å². The third kappa shape index (κ3) is 5.97. The Hall–Kier alpha value is -2.22. The van der Waals surface area contributed by atoms with Crippen molar-refractivity contribution in [1.29, 1.82) is 0 Å². The molecule has 0 saturated carbocycles. The number of likely N-dealkylation sites (N-methyl/N-ethyl adjacent to an activating group) is 1. The lowest BCUT2D eigenvalue weighted by Gasteiger charge is -2.15. The third-order valence-electron chi connectivity index (χ3n) is 4.90. The first kappa shape index (κ1) is 24.4. The maximum Gasteiger partial charge on any atom is 0.265 e. The van der Waals surface area contributed by atoms with Gasteiger partial charge in [-0.05, 0) is 67.8 Å². The average Bonchev–Trinajstić information content (AvgIpc) is 2.98. The second kappa shape index (κ2) is 11.1. The lowest BCUT2D eigenvalue weighted by Crippen LogP contribution is -2.22.